The predicted molar refractivity (Wildman–Crippen MR) is 99.3 cm³/mol. The molecule has 3 rings (SSSR count). The summed E-state index contributed by atoms with van der Waals surface area (Å²) in [7, 11) is 1.70. The number of halogens is 1. The zero-order valence-electron chi connectivity index (χ0n) is 13.6. The van der Waals surface area contributed by atoms with Gasteiger partial charge in [0.05, 0.1) is 12.0 Å². The Morgan fingerprint density at radius 3 is 2.42 bits per heavy atom. The molecular weight excluding hydrogens is 370 g/mol. The number of rotatable bonds is 5. The fraction of sp³-hybridized carbons (Fsp3) is 0.263. The van der Waals surface area contributed by atoms with Gasteiger partial charge >= 0.3 is 0 Å². The number of methoxy groups -OCH3 is 1. The Labute approximate surface area is 149 Å². The summed E-state index contributed by atoms with van der Waals surface area (Å²) >= 11 is 3.58. The van der Waals surface area contributed by atoms with Crippen molar-refractivity contribution >= 4 is 33.8 Å². The summed E-state index contributed by atoms with van der Waals surface area (Å²) in [5.74, 6) is 0.899. The average Bonchev–Trinajstić information content (AvgIpc) is 3.31. The molecule has 0 saturated heterocycles. The van der Waals surface area contributed by atoms with Crippen LogP contribution in [0.4, 0.5) is 5.69 Å². The molecule has 1 fully saturated rings. The van der Waals surface area contributed by atoms with Crippen LogP contribution in [0.3, 0.4) is 0 Å². The summed E-state index contributed by atoms with van der Waals surface area (Å²) in [6.45, 7) is 2.25. The van der Waals surface area contributed by atoms with Gasteiger partial charge in [-0.1, -0.05) is 35.0 Å². The largest absolute Gasteiger partial charge is 0.496 e. The second-order valence-corrected chi connectivity index (χ2v) is 7.23. The van der Waals surface area contributed by atoms with Gasteiger partial charge in [0.1, 0.15) is 5.75 Å². The zero-order chi connectivity index (χ0) is 17.3. The molecule has 1 saturated carbocycles. The van der Waals surface area contributed by atoms with Crippen molar-refractivity contribution in [3.63, 3.8) is 0 Å². The van der Waals surface area contributed by atoms with E-state index in [1.807, 2.05) is 18.2 Å². The van der Waals surface area contributed by atoms with E-state index >= 15 is 0 Å². The molecule has 5 heteroatoms. The number of hydrogen-bond donors (Lipinski definition) is 0. The first-order valence-electron chi connectivity index (χ1n) is 7.73. The van der Waals surface area contributed by atoms with Crippen molar-refractivity contribution in [3.05, 3.63) is 67.7 Å². The first-order valence-corrected chi connectivity index (χ1v) is 8.53. The van der Waals surface area contributed by atoms with Crippen LogP contribution in [0.15, 0.2) is 40.9 Å². The van der Waals surface area contributed by atoms with E-state index in [0.29, 0.717) is 0 Å². The molecule has 0 spiro atoms. The summed E-state index contributed by atoms with van der Waals surface area (Å²) in [6, 6.07) is 10.7. The fourth-order valence-electron chi connectivity index (χ4n) is 2.76. The molecule has 24 heavy (non-hydrogen) atoms. The molecule has 2 aromatic rings. The van der Waals surface area contributed by atoms with Crippen LogP contribution in [-0.4, -0.2) is 12.0 Å². The third-order valence-electron chi connectivity index (χ3n) is 4.50. The summed E-state index contributed by atoms with van der Waals surface area (Å²) in [6.07, 6.45) is 6.27. The van der Waals surface area contributed by atoms with Gasteiger partial charge in [-0.15, -0.1) is 0 Å². The van der Waals surface area contributed by atoms with E-state index in [4.69, 9.17) is 4.74 Å². The summed E-state index contributed by atoms with van der Waals surface area (Å²) in [5, 5.41) is 10.7. The highest BCUT2D eigenvalue weighted by Crippen LogP contribution is 2.52. The van der Waals surface area contributed by atoms with Crippen LogP contribution < -0.4 is 4.74 Å². The van der Waals surface area contributed by atoms with Gasteiger partial charge in [-0.05, 0) is 48.1 Å². The minimum atomic E-state index is -0.395. The van der Waals surface area contributed by atoms with Crippen molar-refractivity contribution in [2.75, 3.05) is 7.11 Å². The molecule has 0 aromatic heterocycles. The van der Waals surface area contributed by atoms with Crippen molar-refractivity contribution < 1.29 is 9.66 Å². The van der Waals surface area contributed by atoms with Gasteiger partial charge in [-0.3, -0.25) is 10.1 Å². The molecule has 0 unspecified atom stereocenters. The molecule has 0 bridgehead atoms. The van der Waals surface area contributed by atoms with Gasteiger partial charge in [-0.2, -0.15) is 0 Å². The Morgan fingerprint density at radius 1 is 1.21 bits per heavy atom. The highest BCUT2D eigenvalue weighted by Gasteiger charge is 2.41. The lowest BCUT2D eigenvalue weighted by Crippen LogP contribution is -2.04. The minimum Gasteiger partial charge on any atom is -0.496 e. The van der Waals surface area contributed by atoms with Crippen molar-refractivity contribution in [1.29, 1.82) is 0 Å². The number of ether oxygens (including phenoxy) is 1. The van der Waals surface area contributed by atoms with Crippen molar-refractivity contribution in [1.82, 2.24) is 0 Å². The highest BCUT2D eigenvalue weighted by molar-refractivity contribution is 9.10. The number of nitrogens with zero attached hydrogens (tertiary/aromatic N) is 1. The van der Waals surface area contributed by atoms with Crippen molar-refractivity contribution in [2.24, 2.45) is 0 Å². The molecule has 0 aliphatic heterocycles. The molecule has 2 aromatic carbocycles. The first-order chi connectivity index (χ1) is 11.4. The maximum Gasteiger partial charge on any atom is 0.269 e. The molecule has 0 atom stereocenters. The van der Waals surface area contributed by atoms with Crippen LogP contribution in [0.25, 0.3) is 12.2 Å². The standard InChI is InChI=1S/C19H18BrNO3/c1-19(9-10-19)17-12-15(20)11-14(18(17)24-2)6-3-13-4-7-16(8-5-13)21(22)23/h3-8,11-12H,9-10H2,1-2H3/b6-3+. The lowest BCUT2D eigenvalue weighted by Gasteiger charge is -2.17. The van der Waals surface area contributed by atoms with Crippen LogP contribution in [0.2, 0.25) is 0 Å². The Morgan fingerprint density at radius 2 is 1.88 bits per heavy atom. The number of nitro groups is 1. The Kier molecular flexibility index (Phi) is 4.45. The molecular formula is C19H18BrNO3. The van der Waals surface area contributed by atoms with Gasteiger partial charge in [-0.25, -0.2) is 0 Å². The van der Waals surface area contributed by atoms with E-state index in [2.05, 4.69) is 28.9 Å². The molecule has 1 aliphatic rings. The fourth-order valence-corrected chi connectivity index (χ4v) is 3.24. The van der Waals surface area contributed by atoms with Crippen LogP contribution >= 0.6 is 15.9 Å². The third kappa shape index (κ3) is 3.36. The van der Waals surface area contributed by atoms with E-state index in [0.717, 1.165) is 21.3 Å². The van der Waals surface area contributed by atoms with E-state index in [9.17, 15) is 10.1 Å². The normalized spacial score (nSPS) is 15.5. The molecule has 124 valence electrons. The maximum absolute atomic E-state index is 10.7. The van der Waals surface area contributed by atoms with Crippen LogP contribution in [0, 0.1) is 10.1 Å². The summed E-state index contributed by atoms with van der Waals surface area (Å²) < 4.78 is 6.70. The van der Waals surface area contributed by atoms with Gasteiger partial charge < -0.3 is 4.74 Å². The second kappa shape index (κ2) is 6.40. The quantitative estimate of drug-likeness (QED) is 0.381. The van der Waals surface area contributed by atoms with E-state index in [1.165, 1.54) is 30.5 Å². The molecule has 0 N–H and O–H groups in total. The lowest BCUT2D eigenvalue weighted by molar-refractivity contribution is -0.384. The van der Waals surface area contributed by atoms with E-state index in [-0.39, 0.29) is 11.1 Å². The van der Waals surface area contributed by atoms with Gasteiger partial charge in [0.15, 0.2) is 0 Å². The van der Waals surface area contributed by atoms with Gasteiger partial charge in [0.25, 0.3) is 5.69 Å². The zero-order valence-corrected chi connectivity index (χ0v) is 15.2. The predicted octanol–water partition coefficient (Wildman–Crippen LogP) is 5.59. The third-order valence-corrected chi connectivity index (χ3v) is 4.95. The second-order valence-electron chi connectivity index (χ2n) is 6.32. The Balaban J connectivity index is 1.94. The maximum atomic E-state index is 10.7. The van der Waals surface area contributed by atoms with Crippen LogP contribution in [0.1, 0.15) is 36.5 Å². The molecule has 1 aliphatic carbocycles. The lowest BCUT2D eigenvalue weighted by atomic mass is 9.94. The topological polar surface area (TPSA) is 52.4 Å². The monoisotopic (exact) mass is 387 g/mol. The first kappa shape index (κ1) is 16.7. The molecule has 4 nitrogen and oxygen atoms in total. The Hall–Kier alpha value is -2.14. The average molecular weight is 388 g/mol. The van der Waals surface area contributed by atoms with E-state index < -0.39 is 4.92 Å². The molecule has 0 heterocycles. The van der Waals surface area contributed by atoms with E-state index in [1.54, 1.807) is 19.2 Å². The number of nitro benzene ring substituents is 1. The van der Waals surface area contributed by atoms with Crippen LogP contribution in [-0.2, 0) is 5.41 Å². The number of non-ortho nitro benzene ring substituents is 1. The van der Waals surface area contributed by atoms with Crippen molar-refractivity contribution in [2.45, 2.75) is 25.2 Å². The summed E-state index contributed by atoms with van der Waals surface area (Å²) in [4.78, 5) is 10.3. The Bertz CT molecular complexity index is 808. The van der Waals surface area contributed by atoms with Crippen molar-refractivity contribution in [3.8, 4) is 5.75 Å². The van der Waals surface area contributed by atoms with Gasteiger partial charge in [0.2, 0.25) is 0 Å². The summed E-state index contributed by atoms with van der Waals surface area (Å²) in [5.41, 5.74) is 3.42. The van der Waals surface area contributed by atoms with Crippen LogP contribution in [0.5, 0.6) is 5.75 Å². The smallest absolute Gasteiger partial charge is 0.269 e. The number of benzene rings is 2. The molecule has 0 amide bonds. The molecule has 0 radical (unpaired) electrons. The van der Waals surface area contributed by atoms with Gasteiger partial charge in [0, 0.05) is 27.7 Å². The number of hydrogen-bond acceptors (Lipinski definition) is 3. The highest BCUT2D eigenvalue weighted by atomic mass is 79.9. The minimum absolute atomic E-state index is 0.0936. The SMILES string of the molecule is COc1c(/C=C/c2ccc([N+](=O)[O-])cc2)cc(Br)cc1C1(C)CC1.